The van der Waals surface area contributed by atoms with Gasteiger partial charge in [-0.1, -0.05) is 6.07 Å². The fraction of sp³-hybridized carbons (Fsp3) is 0.500. The summed E-state index contributed by atoms with van der Waals surface area (Å²) in [7, 11) is 0. The zero-order chi connectivity index (χ0) is 12.3. The average molecular weight is 236 g/mol. The molecule has 1 saturated heterocycles. The van der Waals surface area contributed by atoms with Crippen molar-refractivity contribution < 1.29 is 14.3 Å². The van der Waals surface area contributed by atoms with Crippen molar-refractivity contribution in [3.05, 3.63) is 23.9 Å². The number of ether oxygens (including phenoxy) is 2. The Labute approximate surface area is 100 Å². The highest BCUT2D eigenvalue weighted by molar-refractivity contribution is 5.68. The van der Waals surface area contributed by atoms with Crippen molar-refractivity contribution in [2.24, 2.45) is 0 Å². The van der Waals surface area contributed by atoms with E-state index in [-0.39, 0.29) is 12.2 Å². The van der Waals surface area contributed by atoms with Crippen molar-refractivity contribution in [3.63, 3.8) is 0 Å². The van der Waals surface area contributed by atoms with E-state index in [2.05, 4.69) is 4.98 Å². The molecule has 92 valence electrons. The van der Waals surface area contributed by atoms with Gasteiger partial charge in [0.1, 0.15) is 6.10 Å². The van der Waals surface area contributed by atoms with Gasteiger partial charge in [-0.15, -0.1) is 0 Å². The molecule has 2 rings (SSSR count). The van der Waals surface area contributed by atoms with Gasteiger partial charge < -0.3 is 14.4 Å². The van der Waals surface area contributed by atoms with Crippen LogP contribution in [0, 0.1) is 6.92 Å². The first kappa shape index (κ1) is 11.7. The summed E-state index contributed by atoms with van der Waals surface area (Å²) in [5.41, 5.74) is 0.920. The first-order chi connectivity index (χ1) is 8.19. The molecule has 0 N–H and O–H groups in total. The van der Waals surface area contributed by atoms with Crippen LogP contribution in [0.15, 0.2) is 18.2 Å². The molecule has 0 saturated carbocycles. The van der Waals surface area contributed by atoms with E-state index in [0.29, 0.717) is 25.6 Å². The summed E-state index contributed by atoms with van der Waals surface area (Å²) in [4.78, 5) is 17.2. The van der Waals surface area contributed by atoms with Gasteiger partial charge in [-0.2, -0.15) is 0 Å². The van der Waals surface area contributed by atoms with Crippen LogP contribution in [0.4, 0.5) is 4.79 Å². The van der Waals surface area contributed by atoms with Crippen molar-refractivity contribution in [1.29, 1.82) is 0 Å². The molecule has 5 nitrogen and oxygen atoms in total. The second-order valence-corrected chi connectivity index (χ2v) is 3.96. The number of aryl methyl sites for hydroxylation is 1. The van der Waals surface area contributed by atoms with Gasteiger partial charge in [0, 0.05) is 11.8 Å². The third kappa shape index (κ3) is 2.87. The van der Waals surface area contributed by atoms with Crippen molar-refractivity contribution in [1.82, 2.24) is 9.88 Å². The van der Waals surface area contributed by atoms with Crippen molar-refractivity contribution >= 4 is 6.09 Å². The zero-order valence-electron chi connectivity index (χ0n) is 10.0. The number of rotatable bonds is 3. The Hall–Kier alpha value is -1.78. The normalized spacial score (nSPS) is 15.3. The van der Waals surface area contributed by atoms with E-state index in [9.17, 15) is 4.79 Å². The smallest absolute Gasteiger partial charge is 0.410 e. The van der Waals surface area contributed by atoms with Gasteiger partial charge in [-0.25, -0.2) is 9.78 Å². The molecule has 1 aliphatic heterocycles. The van der Waals surface area contributed by atoms with E-state index in [0.717, 1.165) is 5.69 Å². The summed E-state index contributed by atoms with van der Waals surface area (Å²) in [6.07, 6.45) is -0.252. The molecule has 0 unspecified atom stereocenters. The number of amides is 1. The summed E-state index contributed by atoms with van der Waals surface area (Å²) < 4.78 is 10.5. The standard InChI is InChI=1S/C12H16N2O3/c1-3-16-12(15)14-7-10(8-14)17-11-6-4-5-9(2)13-11/h4-6,10H,3,7-8H2,1-2H3. The summed E-state index contributed by atoms with van der Waals surface area (Å²) in [5, 5.41) is 0. The number of hydrogen-bond acceptors (Lipinski definition) is 4. The number of nitrogens with zero attached hydrogens (tertiary/aromatic N) is 2. The van der Waals surface area contributed by atoms with Crippen LogP contribution in [0.25, 0.3) is 0 Å². The highest BCUT2D eigenvalue weighted by Crippen LogP contribution is 2.16. The van der Waals surface area contributed by atoms with Gasteiger partial charge in [0.2, 0.25) is 5.88 Å². The van der Waals surface area contributed by atoms with Gasteiger partial charge in [-0.05, 0) is 19.9 Å². The second kappa shape index (κ2) is 5.03. The van der Waals surface area contributed by atoms with Gasteiger partial charge in [0.25, 0.3) is 0 Å². The number of hydrogen-bond donors (Lipinski definition) is 0. The van der Waals surface area contributed by atoms with Crippen LogP contribution in [-0.2, 0) is 4.74 Å². The summed E-state index contributed by atoms with van der Waals surface area (Å²) in [6, 6.07) is 5.64. The molecule has 0 spiro atoms. The Morgan fingerprint density at radius 2 is 2.29 bits per heavy atom. The fourth-order valence-electron chi connectivity index (χ4n) is 1.63. The monoisotopic (exact) mass is 236 g/mol. The minimum absolute atomic E-state index is 0.0220. The lowest BCUT2D eigenvalue weighted by Gasteiger charge is -2.37. The van der Waals surface area contributed by atoms with Crippen molar-refractivity contribution in [2.75, 3.05) is 19.7 Å². The Morgan fingerprint density at radius 1 is 1.53 bits per heavy atom. The van der Waals surface area contributed by atoms with E-state index < -0.39 is 0 Å². The lowest BCUT2D eigenvalue weighted by Crippen LogP contribution is -2.56. The molecule has 5 heteroatoms. The maximum Gasteiger partial charge on any atom is 0.410 e. The first-order valence-corrected chi connectivity index (χ1v) is 5.71. The molecule has 17 heavy (non-hydrogen) atoms. The molecule has 0 bridgehead atoms. The Kier molecular flexibility index (Phi) is 3.46. The van der Waals surface area contributed by atoms with Gasteiger partial charge in [0.05, 0.1) is 19.7 Å². The predicted molar refractivity (Wildman–Crippen MR) is 62.0 cm³/mol. The second-order valence-electron chi connectivity index (χ2n) is 3.96. The summed E-state index contributed by atoms with van der Waals surface area (Å²) in [6.45, 7) is 5.24. The number of likely N-dealkylation sites (tertiary alicyclic amines) is 1. The Bertz CT molecular complexity index is 402. The molecule has 1 aromatic rings. The van der Waals surface area contributed by atoms with Crippen LogP contribution >= 0.6 is 0 Å². The highest BCUT2D eigenvalue weighted by atomic mass is 16.6. The Balaban J connectivity index is 1.79. The SMILES string of the molecule is CCOC(=O)N1CC(Oc2cccc(C)n2)C1. The van der Waals surface area contributed by atoms with Gasteiger partial charge in [0.15, 0.2) is 0 Å². The maximum atomic E-state index is 11.3. The third-order valence-corrected chi connectivity index (χ3v) is 2.52. The number of pyridine rings is 1. The summed E-state index contributed by atoms with van der Waals surface area (Å²) in [5.74, 6) is 0.610. The minimum Gasteiger partial charge on any atom is -0.471 e. The minimum atomic E-state index is -0.274. The highest BCUT2D eigenvalue weighted by Gasteiger charge is 2.33. The van der Waals surface area contributed by atoms with Crippen LogP contribution in [0.1, 0.15) is 12.6 Å². The van der Waals surface area contributed by atoms with E-state index in [1.54, 1.807) is 11.8 Å². The topological polar surface area (TPSA) is 51.7 Å². The van der Waals surface area contributed by atoms with E-state index in [4.69, 9.17) is 9.47 Å². The van der Waals surface area contributed by atoms with E-state index in [1.165, 1.54) is 0 Å². The van der Waals surface area contributed by atoms with Crippen molar-refractivity contribution in [3.8, 4) is 5.88 Å². The number of carbonyl (C=O) groups excluding carboxylic acids is 1. The van der Waals surface area contributed by atoms with Crippen LogP contribution in [0.5, 0.6) is 5.88 Å². The molecule has 1 fully saturated rings. The third-order valence-electron chi connectivity index (χ3n) is 2.52. The molecular weight excluding hydrogens is 220 g/mol. The molecule has 2 heterocycles. The molecule has 1 amide bonds. The number of carbonyl (C=O) groups is 1. The molecule has 0 aliphatic carbocycles. The lowest BCUT2D eigenvalue weighted by atomic mass is 10.2. The predicted octanol–water partition coefficient (Wildman–Crippen LogP) is 1.61. The van der Waals surface area contributed by atoms with Gasteiger partial charge in [-0.3, -0.25) is 0 Å². The van der Waals surface area contributed by atoms with Crippen LogP contribution in [0.2, 0.25) is 0 Å². The molecular formula is C12H16N2O3. The molecule has 1 aromatic heterocycles. The fourth-order valence-corrected chi connectivity index (χ4v) is 1.63. The first-order valence-electron chi connectivity index (χ1n) is 5.71. The zero-order valence-corrected chi connectivity index (χ0v) is 10.0. The summed E-state index contributed by atoms with van der Waals surface area (Å²) >= 11 is 0. The van der Waals surface area contributed by atoms with Crippen LogP contribution in [0.3, 0.4) is 0 Å². The van der Waals surface area contributed by atoms with Crippen LogP contribution in [-0.4, -0.2) is 41.8 Å². The van der Waals surface area contributed by atoms with Crippen LogP contribution < -0.4 is 4.74 Å². The molecule has 0 radical (unpaired) electrons. The molecule has 0 atom stereocenters. The van der Waals surface area contributed by atoms with Crippen molar-refractivity contribution in [2.45, 2.75) is 20.0 Å². The molecule has 1 aliphatic rings. The number of aromatic nitrogens is 1. The lowest BCUT2D eigenvalue weighted by molar-refractivity contribution is 0.0106. The quantitative estimate of drug-likeness (QED) is 0.800. The van der Waals surface area contributed by atoms with E-state index in [1.807, 2.05) is 25.1 Å². The Morgan fingerprint density at radius 3 is 2.94 bits per heavy atom. The molecule has 0 aromatic carbocycles. The maximum absolute atomic E-state index is 11.3. The average Bonchev–Trinajstić information content (AvgIpc) is 2.23. The van der Waals surface area contributed by atoms with Gasteiger partial charge >= 0.3 is 6.09 Å². The largest absolute Gasteiger partial charge is 0.471 e. The van der Waals surface area contributed by atoms with E-state index >= 15 is 0 Å².